The van der Waals surface area contributed by atoms with E-state index < -0.39 is 0 Å². The molecule has 0 unspecified atom stereocenters. The number of alkyl halides is 1. The largest absolute Gasteiger partial charge is 0.491 e. The van der Waals surface area contributed by atoms with Crippen molar-refractivity contribution in [3.05, 3.63) is 35.3 Å². The molecule has 90 valence electrons. The summed E-state index contributed by atoms with van der Waals surface area (Å²) >= 11 is 7.34. The van der Waals surface area contributed by atoms with Gasteiger partial charge in [0.2, 0.25) is 0 Å². The van der Waals surface area contributed by atoms with Gasteiger partial charge in [0.05, 0.1) is 17.7 Å². The molecule has 0 aliphatic heterocycles. The second kappa shape index (κ2) is 5.52. The Morgan fingerprint density at radius 3 is 2.53 bits per heavy atom. The quantitative estimate of drug-likeness (QED) is 0.769. The molecule has 0 fully saturated rings. The molecule has 0 atom stereocenters. The fraction of sp³-hybridized carbons (Fsp3) is 0.308. The second-order valence-corrected chi connectivity index (χ2v) is 5.09. The molecule has 0 saturated heterocycles. The summed E-state index contributed by atoms with van der Waals surface area (Å²) in [5, 5.41) is 2.98. The van der Waals surface area contributed by atoms with Gasteiger partial charge in [-0.05, 0) is 38.1 Å². The van der Waals surface area contributed by atoms with Gasteiger partial charge in [-0.25, -0.2) is 4.98 Å². The van der Waals surface area contributed by atoms with Gasteiger partial charge in [0.15, 0.2) is 0 Å². The topological polar surface area (TPSA) is 22.1 Å². The van der Waals surface area contributed by atoms with E-state index in [2.05, 4.69) is 4.98 Å². The molecule has 2 rings (SSSR count). The van der Waals surface area contributed by atoms with Gasteiger partial charge in [-0.3, -0.25) is 0 Å². The summed E-state index contributed by atoms with van der Waals surface area (Å²) in [5.41, 5.74) is 2.02. The number of hydrogen-bond donors (Lipinski definition) is 0. The molecule has 1 aromatic carbocycles. The predicted octanol–water partition coefficient (Wildman–Crippen LogP) is 4.34. The SMILES string of the molecule is CC(C)Oc1ccc(-c2nc(CCl)cs2)cc1. The molecule has 1 aromatic heterocycles. The van der Waals surface area contributed by atoms with Crippen LogP contribution in [0.1, 0.15) is 19.5 Å². The van der Waals surface area contributed by atoms with Crippen molar-refractivity contribution in [1.82, 2.24) is 4.98 Å². The first kappa shape index (κ1) is 12.4. The summed E-state index contributed by atoms with van der Waals surface area (Å²) in [5.74, 6) is 1.35. The lowest BCUT2D eigenvalue weighted by atomic mass is 10.2. The summed E-state index contributed by atoms with van der Waals surface area (Å²) in [4.78, 5) is 4.44. The molecule has 17 heavy (non-hydrogen) atoms. The Hall–Kier alpha value is -1.06. The Balaban J connectivity index is 2.17. The fourth-order valence-electron chi connectivity index (χ4n) is 1.45. The Morgan fingerprint density at radius 2 is 2.00 bits per heavy atom. The summed E-state index contributed by atoms with van der Waals surface area (Å²) in [6, 6.07) is 7.98. The van der Waals surface area contributed by atoms with E-state index >= 15 is 0 Å². The third-order valence-electron chi connectivity index (χ3n) is 2.16. The minimum Gasteiger partial charge on any atom is -0.491 e. The van der Waals surface area contributed by atoms with Crippen molar-refractivity contribution < 1.29 is 4.74 Å². The molecule has 0 N–H and O–H groups in total. The van der Waals surface area contributed by atoms with Crippen LogP contribution >= 0.6 is 22.9 Å². The zero-order chi connectivity index (χ0) is 12.3. The van der Waals surface area contributed by atoms with Crippen molar-refractivity contribution in [2.75, 3.05) is 0 Å². The van der Waals surface area contributed by atoms with E-state index in [-0.39, 0.29) is 6.10 Å². The van der Waals surface area contributed by atoms with E-state index in [9.17, 15) is 0 Å². The highest BCUT2D eigenvalue weighted by atomic mass is 35.5. The number of benzene rings is 1. The van der Waals surface area contributed by atoms with Gasteiger partial charge in [-0.1, -0.05) is 0 Å². The Bertz CT molecular complexity index is 478. The molecule has 0 amide bonds. The van der Waals surface area contributed by atoms with E-state index in [1.54, 1.807) is 11.3 Å². The molecule has 0 saturated carbocycles. The molecule has 0 aliphatic rings. The van der Waals surface area contributed by atoms with Crippen LogP contribution in [0.15, 0.2) is 29.6 Å². The van der Waals surface area contributed by atoms with Gasteiger partial charge in [0.1, 0.15) is 10.8 Å². The van der Waals surface area contributed by atoms with Crippen LogP contribution in [0.25, 0.3) is 10.6 Å². The first-order chi connectivity index (χ1) is 8.19. The number of ether oxygens (including phenoxy) is 1. The summed E-state index contributed by atoms with van der Waals surface area (Å²) in [6.45, 7) is 4.03. The van der Waals surface area contributed by atoms with Crippen molar-refractivity contribution in [3.63, 3.8) is 0 Å². The van der Waals surface area contributed by atoms with Crippen molar-refractivity contribution in [2.45, 2.75) is 25.8 Å². The lowest BCUT2D eigenvalue weighted by molar-refractivity contribution is 0.242. The fourth-order valence-corrected chi connectivity index (χ4v) is 2.50. The Labute approximate surface area is 110 Å². The first-order valence-corrected chi connectivity index (χ1v) is 6.88. The number of thiazole rings is 1. The van der Waals surface area contributed by atoms with Crippen LogP contribution in [0.3, 0.4) is 0 Å². The summed E-state index contributed by atoms with van der Waals surface area (Å²) in [6.07, 6.45) is 0.198. The van der Waals surface area contributed by atoms with Crippen molar-refractivity contribution in [3.8, 4) is 16.3 Å². The van der Waals surface area contributed by atoms with Crippen LogP contribution in [0.2, 0.25) is 0 Å². The molecule has 2 aromatic rings. The predicted molar refractivity (Wildman–Crippen MR) is 72.9 cm³/mol. The normalized spacial score (nSPS) is 10.8. The first-order valence-electron chi connectivity index (χ1n) is 5.46. The molecule has 0 radical (unpaired) electrons. The van der Waals surface area contributed by atoms with E-state index in [1.807, 2.05) is 43.5 Å². The number of halogens is 1. The van der Waals surface area contributed by atoms with E-state index in [0.717, 1.165) is 22.0 Å². The zero-order valence-electron chi connectivity index (χ0n) is 9.81. The summed E-state index contributed by atoms with van der Waals surface area (Å²) < 4.78 is 5.59. The van der Waals surface area contributed by atoms with Gasteiger partial charge >= 0.3 is 0 Å². The molecular weight excluding hydrogens is 254 g/mol. The van der Waals surface area contributed by atoms with Crippen LogP contribution < -0.4 is 4.74 Å². The summed E-state index contributed by atoms with van der Waals surface area (Å²) in [7, 11) is 0. The zero-order valence-corrected chi connectivity index (χ0v) is 11.4. The van der Waals surface area contributed by atoms with E-state index in [0.29, 0.717) is 5.88 Å². The molecule has 0 bridgehead atoms. The third kappa shape index (κ3) is 3.20. The lowest BCUT2D eigenvalue weighted by Gasteiger charge is -2.09. The molecule has 0 aliphatic carbocycles. The molecule has 1 heterocycles. The number of nitrogens with zero attached hydrogens (tertiary/aromatic N) is 1. The van der Waals surface area contributed by atoms with E-state index in [4.69, 9.17) is 16.3 Å². The van der Waals surface area contributed by atoms with Crippen molar-refractivity contribution in [2.24, 2.45) is 0 Å². The highest BCUT2D eigenvalue weighted by Gasteiger charge is 2.04. The average Bonchev–Trinajstić information content (AvgIpc) is 2.78. The highest BCUT2D eigenvalue weighted by molar-refractivity contribution is 7.13. The Morgan fingerprint density at radius 1 is 1.29 bits per heavy atom. The van der Waals surface area contributed by atoms with Gasteiger partial charge in [0, 0.05) is 10.9 Å². The van der Waals surface area contributed by atoms with E-state index in [1.165, 1.54) is 0 Å². The van der Waals surface area contributed by atoms with Crippen LogP contribution in [-0.4, -0.2) is 11.1 Å². The second-order valence-electron chi connectivity index (χ2n) is 3.97. The maximum atomic E-state index is 5.73. The third-order valence-corrected chi connectivity index (χ3v) is 3.38. The maximum absolute atomic E-state index is 5.73. The van der Waals surface area contributed by atoms with Gasteiger partial charge in [-0.15, -0.1) is 22.9 Å². The Kier molecular flexibility index (Phi) is 4.02. The molecular formula is C13H14ClNOS. The number of aromatic nitrogens is 1. The monoisotopic (exact) mass is 267 g/mol. The van der Waals surface area contributed by atoms with Crippen LogP contribution in [0.5, 0.6) is 5.75 Å². The van der Waals surface area contributed by atoms with Crippen LogP contribution in [0, 0.1) is 0 Å². The minimum atomic E-state index is 0.198. The van der Waals surface area contributed by atoms with Crippen molar-refractivity contribution >= 4 is 22.9 Å². The van der Waals surface area contributed by atoms with Crippen LogP contribution in [-0.2, 0) is 5.88 Å². The standard InChI is InChI=1S/C13H14ClNOS/c1-9(2)16-12-5-3-10(4-6-12)13-15-11(7-14)8-17-13/h3-6,8-9H,7H2,1-2H3. The minimum absolute atomic E-state index is 0.198. The van der Waals surface area contributed by atoms with Gasteiger partial charge in [0.25, 0.3) is 0 Å². The van der Waals surface area contributed by atoms with Gasteiger partial charge < -0.3 is 4.74 Å². The smallest absolute Gasteiger partial charge is 0.123 e. The van der Waals surface area contributed by atoms with Gasteiger partial charge in [-0.2, -0.15) is 0 Å². The van der Waals surface area contributed by atoms with Crippen molar-refractivity contribution in [1.29, 1.82) is 0 Å². The molecule has 0 spiro atoms. The average molecular weight is 268 g/mol. The van der Waals surface area contributed by atoms with Crippen LogP contribution in [0.4, 0.5) is 0 Å². The number of rotatable bonds is 4. The maximum Gasteiger partial charge on any atom is 0.123 e. The number of hydrogen-bond acceptors (Lipinski definition) is 3. The molecule has 4 heteroatoms. The highest BCUT2D eigenvalue weighted by Crippen LogP contribution is 2.26. The lowest BCUT2D eigenvalue weighted by Crippen LogP contribution is -2.05. The molecule has 2 nitrogen and oxygen atoms in total.